The lowest BCUT2D eigenvalue weighted by atomic mass is 9.67. The van der Waals surface area contributed by atoms with Crippen molar-refractivity contribution < 1.29 is 0 Å². The van der Waals surface area contributed by atoms with Crippen LogP contribution in [0.5, 0.6) is 0 Å². The number of rotatable bonds is 7. The third-order valence-corrected chi connectivity index (χ3v) is 13.7. The van der Waals surface area contributed by atoms with Crippen LogP contribution in [-0.4, -0.2) is 0 Å². The molecule has 0 heterocycles. The summed E-state index contributed by atoms with van der Waals surface area (Å²) in [5.41, 5.74) is 18.5. The van der Waals surface area contributed by atoms with Crippen LogP contribution in [0, 0.1) is 6.92 Å². The molecule has 0 unspecified atom stereocenters. The van der Waals surface area contributed by atoms with Crippen LogP contribution >= 0.6 is 0 Å². The van der Waals surface area contributed by atoms with Crippen molar-refractivity contribution in [3.05, 3.63) is 276 Å². The molecule has 0 amide bonds. The second-order valence-electron chi connectivity index (χ2n) is 17.2. The summed E-state index contributed by atoms with van der Waals surface area (Å²) in [5.74, 6) is 0. The van der Waals surface area contributed by atoms with Gasteiger partial charge in [-0.3, -0.25) is 0 Å². The monoisotopic (exact) mass is 812 g/mol. The van der Waals surface area contributed by atoms with E-state index in [-0.39, 0.29) is 0 Å². The summed E-state index contributed by atoms with van der Waals surface area (Å²) < 4.78 is 0. The van der Waals surface area contributed by atoms with E-state index in [0.29, 0.717) is 0 Å². The zero-order valence-corrected chi connectivity index (χ0v) is 35.7. The average Bonchev–Trinajstić information content (AvgIpc) is 3.66. The molecule has 64 heavy (non-hydrogen) atoms. The average molecular weight is 813 g/mol. The fraction of sp³-hybridized carbons (Fsp3) is 0.0312. The highest BCUT2D eigenvalue weighted by molar-refractivity contribution is 6.21. The zero-order valence-electron chi connectivity index (χ0n) is 35.7. The largest absolute Gasteiger partial charge is 0.0713 e. The maximum absolute atomic E-state index is 2.39. The van der Waals surface area contributed by atoms with E-state index in [4.69, 9.17) is 0 Å². The number of benzene rings is 11. The fourth-order valence-electron chi connectivity index (χ4n) is 10.7. The summed E-state index contributed by atoms with van der Waals surface area (Å²) in [6, 6.07) is 87.6. The minimum atomic E-state index is -0.435. The van der Waals surface area contributed by atoms with Gasteiger partial charge in [-0.05, 0) is 117 Å². The predicted molar refractivity (Wildman–Crippen MR) is 273 cm³/mol. The van der Waals surface area contributed by atoms with E-state index in [1.807, 2.05) is 0 Å². The van der Waals surface area contributed by atoms with Crippen molar-refractivity contribution in [3.8, 4) is 44.5 Å². The van der Waals surface area contributed by atoms with E-state index < -0.39 is 5.41 Å². The lowest BCUT2D eigenvalue weighted by Crippen LogP contribution is -2.28. The van der Waals surface area contributed by atoms with Crippen LogP contribution in [0.1, 0.15) is 38.9 Å². The van der Waals surface area contributed by atoms with Gasteiger partial charge in [0.25, 0.3) is 0 Å². The molecule has 0 nitrogen and oxygen atoms in total. The Labute approximate surface area is 375 Å². The van der Waals surface area contributed by atoms with Crippen molar-refractivity contribution in [2.75, 3.05) is 0 Å². The maximum atomic E-state index is 2.39. The molecule has 0 N–H and O–H groups in total. The molecular weight excluding hydrogens is 769 g/mol. The summed E-state index contributed by atoms with van der Waals surface area (Å²) in [6.07, 6.45) is 4.49. The quantitative estimate of drug-likeness (QED) is 0.111. The van der Waals surface area contributed by atoms with E-state index in [9.17, 15) is 0 Å². The second-order valence-corrected chi connectivity index (χ2v) is 17.2. The van der Waals surface area contributed by atoms with Gasteiger partial charge >= 0.3 is 0 Å². The van der Waals surface area contributed by atoms with Gasteiger partial charge in [-0.15, -0.1) is 0 Å². The van der Waals surface area contributed by atoms with Gasteiger partial charge < -0.3 is 0 Å². The van der Waals surface area contributed by atoms with Crippen LogP contribution in [0.3, 0.4) is 0 Å². The molecule has 0 saturated heterocycles. The summed E-state index contributed by atoms with van der Waals surface area (Å²) in [6.45, 7) is 2.17. The minimum Gasteiger partial charge on any atom is -0.0622 e. The molecule has 0 spiro atoms. The van der Waals surface area contributed by atoms with Crippen molar-refractivity contribution in [1.29, 1.82) is 0 Å². The highest BCUT2D eigenvalue weighted by Gasteiger charge is 2.45. The first kappa shape index (κ1) is 37.7. The molecule has 11 aromatic carbocycles. The Hall–Kier alpha value is -8.06. The van der Waals surface area contributed by atoms with Gasteiger partial charge in [0.1, 0.15) is 0 Å². The second kappa shape index (κ2) is 15.4. The summed E-state index contributed by atoms with van der Waals surface area (Å²) in [5, 5.41) is 7.53. The maximum Gasteiger partial charge on any atom is 0.0713 e. The molecule has 12 rings (SSSR count). The molecule has 0 aromatic heterocycles. The molecule has 0 radical (unpaired) electrons. The summed E-state index contributed by atoms with van der Waals surface area (Å²) >= 11 is 0. The Morgan fingerprint density at radius 3 is 1.28 bits per heavy atom. The third-order valence-electron chi connectivity index (χ3n) is 13.7. The van der Waals surface area contributed by atoms with Crippen molar-refractivity contribution >= 4 is 44.5 Å². The predicted octanol–water partition coefficient (Wildman–Crippen LogP) is 17.0. The lowest BCUT2D eigenvalue weighted by molar-refractivity contribution is 0.768. The standard InChI is InChI=1S/C64H44/c1-43-27-38-49(39-28-43)64(60-25-13-11-19-54(60)55-20-12-14-26-61(55)64)50-40-35-48(36-41-50)63-58-23-9-7-21-56(58)62(57-22-8-10-24-59(57)63)47-33-30-44(31-34-47)29-32-46-37-42-52(45-15-3-2-4-16-45)53-18-6-5-17-51(46)53/h2-42H,1H3/b32-29+. The van der Waals surface area contributed by atoms with Crippen LogP contribution in [0.2, 0.25) is 0 Å². The van der Waals surface area contributed by atoms with E-state index >= 15 is 0 Å². The van der Waals surface area contributed by atoms with E-state index in [0.717, 1.165) is 0 Å². The molecule has 1 aliphatic carbocycles. The topological polar surface area (TPSA) is 0 Å². The lowest BCUT2D eigenvalue weighted by Gasteiger charge is -2.34. The normalized spacial score (nSPS) is 12.8. The highest BCUT2D eigenvalue weighted by atomic mass is 14.5. The first-order valence-electron chi connectivity index (χ1n) is 22.3. The Kier molecular flexibility index (Phi) is 9.06. The van der Waals surface area contributed by atoms with Crippen LogP contribution in [0.15, 0.2) is 237 Å². The van der Waals surface area contributed by atoms with Crippen LogP contribution < -0.4 is 0 Å². The zero-order chi connectivity index (χ0) is 42.6. The Morgan fingerprint density at radius 2 is 0.734 bits per heavy atom. The Balaban J connectivity index is 0.945. The first-order valence-corrected chi connectivity index (χ1v) is 22.3. The van der Waals surface area contributed by atoms with Crippen LogP contribution in [0.4, 0.5) is 0 Å². The molecule has 0 bridgehead atoms. The van der Waals surface area contributed by atoms with Crippen molar-refractivity contribution in [3.63, 3.8) is 0 Å². The van der Waals surface area contributed by atoms with Gasteiger partial charge in [0, 0.05) is 0 Å². The van der Waals surface area contributed by atoms with Crippen molar-refractivity contribution in [1.82, 2.24) is 0 Å². The van der Waals surface area contributed by atoms with Crippen LogP contribution in [-0.2, 0) is 5.41 Å². The first-order chi connectivity index (χ1) is 31.7. The molecule has 300 valence electrons. The molecule has 0 heteroatoms. The molecule has 0 aliphatic heterocycles. The highest BCUT2D eigenvalue weighted by Crippen LogP contribution is 2.56. The van der Waals surface area contributed by atoms with Gasteiger partial charge in [-0.25, -0.2) is 0 Å². The summed E-state index contributed by atoms with van der Waals surface area (Å²) in [7, 11) is 0. The van der Waals surface area contributed by atoms with Crippen LogP contribution in [0.25, 0.3) is 89.0 Å². The molecule has 11 aromatic rings. The van der Waals surface area contributed by atoms with Gasteiger partial charge in [0.2, 0.25) is 0 Å². The van der Waals surface area contributed by atoms with Gasteiger partial charge in [-0.2, -0.15) is 0 Å². The van der Waals surface area contributed by atoms with E-state index in [2.05, 4.69) is 256 Å². The Bertz CT molecular complexity index is 3470. The van der Waals surface area contributed by atoms with E-state index in [1.54, 1.807) is 0 Å². The molecular formula is C64H44. The number of hydrogen-bond acceptors (Lipinski definition) is 0. The minimum absolute atomic E-state index is 0.435. The number of aryl methyl sites for hydroxylation is 1. The Morgan fingerprint density at radius 1 is 0.297 bits per heavy atom. The number of fused-ring (bicyclic) bond motifs is 6. The van der Waals surface area contributed by atoms with Crippen molar-refractivity contribution in [2.24, 2.45) is 0 Å². The van der Waals surface area contributed by atoms with Gasteiger partial charge in [0.15, 0.2) is 0 Å². The SMILES string of the molecule is Cc1ccc(C2(c3ccc(-c4c5ccccc5c(-c5ccc(/C=C/c6ccc(-c7ccccc7)c7ccccc67)cc5)c5ccccc45)cc3)c3ccccc3-c3ccccc32)cc1. The smallest absolute Gasteiger partial charge is 0.0622 e. The van der Waals surface area contributed by atoms with Gasteiger partial charge in [0.05, 0.1) is 5.41 Å². The molecule has 1 aliphatic rings. The molecule has 0 fully saturated rings. The molecule has 0 atom stereocenters. The number of hydrogen-bond donors (Lipinski definition) is 0. The third kappa shape index (κ3) is 5.98. The summed E-state index contributed by atoms with van der Waals surface area (Å²) in [4.78, 5) is 0. The van der Waals surface area contributed by atoms with Crippen molar-refractivity contribution in [2.45, 2.75) is 12.3 Å². The van der Waals surface area contributed by atoms with Gasteiger partial charge in [-0.1, -0.05) is 254 Å². The van der Waals surface area contributed by atoms with E-state index in [1.165, 1.54) is 116 Å². The molecule has 0 saturated carbocycles. The fourth-order valence-corrected chi connectivity index (χ4v) is 10.7.